The van der Waals surface area contributed by atoms with Crippen molar-refractivity contribution in [2.75, 3.05) is 19.3 Å². The van der Waals surface area contributed by atoms with E-state index in [1.807, 2.05) is 20.9 Å². The van der Waals surface area contributed by atoms with Gasteiger partial charge in [0.05, 0.1) is 0 Å². The second-order valence-electron chi connectivity index (χ2n) is 2.18. The third-order valence-corrected chi connectivity index (χ3v) is 1.82. The van der Waals surface area contributed by atoms with Crippen LogP contribution in [0, 0.1) is 5.92 Å². The van der Waals surface area contributed by atoms with Crippen molar-refractivity contribution in [2.45, 2.75) is 27.2 Å². The molecule has 0 aromatic rings. The van der Waals surface area contributed by atoms with Crippen molar-refractivity contribution in [1.82, 2.24) is 5.32 Å². The van der Waals surface area contributed by atoms with Crippen molar-refractivity contribution < 1.29 is 0 Å². The van der Waals surface area contributed by atoms with E-state index < -0.39 is 0 Å². The van der Waals surface area contributed by atoms with Crippen LogP contribution in [0.2, 0.25) is 0 Å². The lowest BCUT2D eigenvalue weighted by Crippen LogP contribution is -2.11. The fraction of sp³-hybridized carbons (Fsp3) is 1.00. The SMILES string of the molecule is CC.CNCCC(C)CS. The zero-order chi connectivity index (χ0) is 8.41. The minimum absolute atomic E-state index is 0.755. The molecule has 0 aromatic heterocycles. The molecule has 0 fully saturated rings. The van der Waals surface area contributed by atoms with Crippen molar-refractivity contribution >= 4 is 12.6 Å². The molecule has 64 valence electrons. The smallest absolute Gasteiger partial charge is 0.00491 e. The quantitative estimate of drug-likeness (QED) is 0.605. The fourth-order valence-corrected chi connectivity index (χ4v) is 0.665. The van der Waals surface area contributed by atoms with Gasteiger partial charge in [0.2, 0.25) is 0 Å². The molecule has 0 rings (SSSR count). The van der Waals surface area contributed by atoms with Crippen LogP contribution in [0.25, 0.3) is 0 Å². The van der Waals surface area contributed by atoms with E-state index in [2.05, 4.69) is 24.9 Å². The standard InChI is InChI=1S/C6H15NS.C2H6/c1-6(5-8)3-4-7-2;1-2/h6-8H,3-5H2,1-2H3;1-2H3. The zero-order valence-electron chi connectivity index (χ0n) is 7.65. The maximum absolute atomic E-state index is 4.16. The third kappa shape index (κ3) is 11.2. The highest BCUT2D eigenvalue weighted by molar-refractivity contribution is 7.80. The Morgan fingerprint density at radius 3 is 2.20 bits per heavy atom. The largest absolute Gasteiger partial charge is 0.320 e. The van der Waals surface area contributed by atoms with Gasteiger partial charge in [0.25, 0.3) is 0 Å². The van der Waals surface area contributed by atoms with Crippen molar-refractivity contribution in [3.8, 4) is 0 Å². The Morgan fingerprint density at radius 1 is 1.40 bits per heavy atom. The Bertz CT molecular complexity index is 48.5. The lowest BCUT2D eigenvalue weighted by molar-refractivity contribution is 0.571. The molecule has 0 spiro atoms. The topological polar surface area (TPSA) is 12.0 Å². The molecular weight excluding hydrogens is 142 g/mol. The normalized spacial score (nSPS) is 11.7. The molecule has 0 radical (unpaired) electrons. The fourth-order valence-electron chi connectivity index (χ4n) is 0.482. The van der Waals surface area contributed by atoms with E-state index in [0.717, 1.165) is 18.2 Å². The average Bonchev–Trinajstić information content (AvgIpc) is 2.04. The Morgan fingerprint density at radius 2 is 1.90 bits per heavy atom. The molecule has 10 heavy (non-hydrogen) atoms. The third-order valence-electron chi connectivity index (χ3n) is 1.20. The Kier molecular flexibility index (Phi) is 15.6. The summed E-state index contributed by atoms with van der Waals surface area (Å²) in [6.07, 6.45) is 1.24. The second-order valence-corrected chi connectivity index (χ2v) is 2.55. The van der Waals surface area contributed by atoms with E-state index in [4.69, 9.17) is 0 Å². The van der Waals surface area contributed by atoms with Crippen LogP contribution < -0.4 is 5.32 Å². The van der Waals surface area contributed by atoms with Crippen LogP contribution in [0.4, 0.5) is 0 Å². The minimum Gasteiger partial charge on any atom is -0.320 e. The van der Waals surface area contributed by atoms with Crippen molar-refractivity contribution in [3.05, 3.63) is 0 Å². The summed E-state index contributed by atoms with van der Waals surface area (Å²) in [5.74, 6) is 1.76. The van der Waals surface area contributed by atoms with Crippen LogP contribution in [0.3, 0.4) is 0 Å². The van der Waals surface area contributed by atoms with Crippen LogP contribution in [-0.2, 0) is 0 Å². The first-order valence-corrected chi connectivity index (χ1v) is 4.70. The summed E-state index contributed by atoms with van der Waals surface area (Å²) in [7, 11) is 1.98. The van der Waals surface area contributed by atoms with Gasteiger partial charge in [-0.25, -0.2) is 0 Å². The van der Waals surface area contributed by atoms with Crippen molar-refractivity contribution in [2.24, 2.45) is 5.92 Å². The molecule has 0 aliphatic rings. The molecule has 1 atom stereocenters. The van der Waals surface area contributed by atoms with Gasteiger partial charge in [-0.05, 0) is 31.7 Å². The van der Waals surface area contributed by atoms with Crippen molar-refractivity contribution in [3.63, 3.8) is 0 Å². The molecule has 0 saturated heterocycles. The summed E-state index contributed by atoms with van der Waals surface area (Å²) < 4.78 is 0. The maximum Gasteiger partial charge on any atom is -0.00491 e. The van der Waals surface area contributed by atoms with E-state index in [9.17, 15) is 0 Å². The van der Waals surface area contributed by atoms with Crippen LogP contribution in [-0.4, -0.2) is 19.3 Å². The van der Waals surface area contributed by atoms with Gasteiger partial charge in [0.1, 0.15) is 0 Å². The van der Waals surface area contributed by atoms with Crippen molar-refractivity contribution in [1.29, 1.82) is 0 Å². The summed E-state index contributed by atoms with van der Waals surface area (Å²) in [5.41, 5.74) is 0. The monoisotopic (exact) mass is 163 g/mol. The van der Waals surface area contributed by atoms with Gasteiger partial charge in [0, 0.05) is 0 Å². The molecule has 0 heterocycles. The molecule has 1 unspecified atom stereocenters. The molecule has 0 aromatic carbocycles. The predicted octanol–water partition coefficient (Wildman–Crippen LogP) is 2.19. The number of nitrogens with one attached hydrogen (secondary N) is 1. The van der Waals surface area contributed by atoms with Crippen LogP contribution in [0.1, 0.15) is 27.2 Å². The molecule has 0 amide bonds. The summed E-state index contributed by atoms with van der Waals surface area (Å²) >= 11 is 4.16. The number of rotatable bonds is 4. The molecule has 0 aliphatic heterocycles. The van der Waals surface area contributed by atoms with E-state index in [1.165, 1.54) is 6.42 Å². The Hall–Kier alpha value is 0.310. The van der Waals surface area contributed by atoms with Gasteiger partial charge in [0.15, 0.2) is 0 Å². The van der Waals surface area contributed by atoms with Crippen LogP contribution >= 0.6 is 12.6 Å². The van der Waals surface area contributed by atoms with E-state index >= 15 is 0 Å². The van der Waals surface area contributed by atoms with Gasteiger partial charge in [-0.1, -0.05) is 20.8 Å². The van der Waals surface area contributed by atoms with E-state index in [1.54, 1.807) is 0 Å². The number of hydrogen-bond acceptors (Lipinski definition) is 2. The summed E-state index contributed by atoms with van der Waals surface area (Å²) in [5, 5.41) is 3.10. The Labute approximate surface area is 71.0 Å². The molecule has 0 bridgehead atoms. The van der Waals surface area contributed by atoms with Gasteiger partial charge < -0.3 is 5.32 Å². The highest BCUT2D eigenvalue weighted by Crippen LogP contribution is 2.00. The molecule has 2 heteroatoms. The molecule has 0 saturated carbocycles. The molecule has 1 N–H and O–H groups in total. The van der Waals surface area contributed by atoms with Gasteiger partial charge in [-0.3, -0.25) is 0 Å². The zero-order valence-corrected chi connectivity index (χ0v) is 8.54. The van der Waals surface area contributed by atoms with Gasteiger partial charge in [-0.15, -0.1) is 0 Å². The second kappa shape index (κ2) is 12.0. The Balaban J connectivity index is 0. The number of hydrogen-bond donors (Lipinski definition) is 2. The predicted molar refractivity (Wildman–Crippen MR) is 52.9 cm³/mol. The van der Waals surface area contributed by atoms with Crippen LogP contribution in [0.15, 0.2) is 0 Å². The highest BCUT2D eigenvalue weighted by Gasteiger charge is 1.94. The van der Waals surface area contributed by atoms with E-state index in [0.29, 0.717) is 0 Å². The molecular formula is C8H21NS. The first-order valence-electron chi connectivity index (χ1n) is 4.06. The van der Waals surface area contributed by atoms with Crippen LogP contribution in [0.5, 0.6) is 0 Å². The minimum atomic E-state index is 0.755. The van der Waals surface area contributed by atoms with Gasteiger partial charge in [-0.2, -0.15) is 12.6 Å². The molecule has 1 nitrogen and oxygen atoms in total. The average molecular weight is 163 g/mol. The summed E-state index contributed by atoms with van der Waals surface area (Å²) in [6.45, 7) is 7.33. The first-order chi connectivity index (χ1) is 4.81. The van der Waals surface area contributed by atoms with E-state index in [-0.39, 0.29) is 0 Å². The summed E-state index contributed by atoms with van der Waals surface area (Å²) in [6, 6.07) is 0. The van der Waals surface area contributed by atoms with Gasteiger partial charge >= 0.3 is 0 Å². The first kappa shape index (κ1) is 12.9. The molecule has 0 aliphatic carbocycles. The maximum atomic E-state index is 4.16. The lowest BCUT2D eigenvalue weighted by Gasteiger charge is -2.04. The lowest BCUT2D eigenvalue weighted by atomic mass is 10.1. The summed E-state index contributed by atoms with van der Waals surface area (Å²) in [4.78, 5) is 0. The number of thiol groups is 1. The highest BCUT2D eigenvalue weighted by atomic mass is 32.1.